The minimum atomic E-state index is -3.48. The van der Waals surface area contributed by atoms with Gasteiger partial charge >= 0.3 is 0 Å². The zero-order valence-corrected chi connectivity index (χ0v) is 16.4. The highest BCUT2D eigenvalue weighted by atomic mass is 79.9. The third kappa shape index (κ3) is 4.54. The Hall–Kier alpha value is -1.46. The first-order valence-corrected chi connectivity index (χ1v) is 10.2. The molecule has 0 saturated heterocycles. The fourth-order valence-corrected chi connectivity index (χ4v) is 4.71. The predicted octanol–water partition coefficient (Wildman–Crippen LogP) is 4.75. The van der Waals surface area contributed by atoms with E-state index in [2.05, 4.69) is 15.9 Å². The van der Waals surface area contributed by atoms with Gasteiger partial charge in [0, 0.05) is 10.4 Å². The lowest BCUT2D eigenvalue weighted by atomic mass is 9.94. The lowest BCUT2D eigenvalue weighted by Crippen LogP contribution is -2.26. The summed E-state index contributed by atoms with van der Waals surface area (Å²) in [4.78, 5) is 12.0. The van der Waals surface area contributed by atoms with Crippen LogP contribution in [-0.4, -0.2) is 20.0 Å². The molecular formula is C19H21BrO3S. The van der Waals surface area contributed by atoms with Crippen LogP contribution in [0.3, 0.4) is 0 Å². The molecule has 0 aliphatic carbocycles. The van der Waals surface area contributed by atoms with Crippen LogP contribution in [0.15, 0.2) is 57.9 Å². The summed E-state index contributed by atoms with van der Waals surface area (Å²) in [5.74, 6) is -0.696. The van der Waals surface area contributed by atoms with Crippen molar-refractivity contribution in [2.24, 2.45) is 11.8 Å². The summed E-state index contributed by atoms with van der Waals surface area (Å²) in [6.45, 7) is 5.20. The number of Topliss-reactive ketones (excluding diaryl/α,β-unsaturated/α-hetero) is 1. The van der Waals surface area contributed by atoms with Gasteiger partial charge in [-0.2, -0.15) is 0 Å². The van der Waals surface area contributed by atoms with Gasteiger partial charge in [-0.05, 0) is 48.2 Å². The number of hydrogen-bond acceptors (Lipinski definition) is 3. The van der Waals surface area contributed by atoms with E-state index in [0.717, 1.165) is 15.6 Å². The Morgan fingerprint density at radius 1 is 0.958 bits per heavy atom. The van der Waals surface area contributed by atoms with Crippen molar-refractivity contribution in [3.8, 4) is 11.1 Å². The zero-order valence-electron chi connectivity index (χ0n) is 14.0. The van der Waals surface area contributed by atoms with E-state index >= 15 is 0 Å². The molecule has 0 unspecified atom stereocenters. The molecule has 2 aromatic carbocycles. The van der Waals surface area contributed by atoms with Gasteiger partial charge in [0.05, 0.1) is 10.6 Å². The Morgan fingerprint density at radius 2 is 1.42 bits per heavy atom. The molecule has 0 N–H and O–H groups in total. The van der Waals surface area contributed by atoms with Crippen molar-refractivity contribution in [2.75, 3.05) is 5.75 Å². The Labute approximate surface area is 152 Å². The molecule has 0 saturated carbocycles. The van der Waals surface area contributed by atoms with E-state index in [9.17, 15) is 13.2 Å². The summed E-state index contributed by atoms with van der Waals surface area (Å²) in [6, 6.07) is 14.7. The van der Waals surface area contributed by atoms with Crippen molar-refractivity contribution in [1.29, 1.82) is 0 Å². The first-order chi connectivity index (χ1) is 11.2. The first kappa shape index (κ1) is 18.9. The highest BCUT2D eigenvalue weighted by molar-refractivity contribution is 9.10. The fraction of sp³-hybridized carbons (Fsp3) is 0.316. The summed E-state index contributed by atoms with van der Waals surface area (Å²) in [5, 5.41) is 0. The molecule has 1 atom stereocenters. The molecule has 0 spiro atoms. The van der Waals surface area contributed by atoms with Crippen molar-refractivity contribution < 1.29 is 13.2 Å². The summed E-state index contributed by atoms with van der Waals surface area (Å²) >= 11 is 3.39. The Morgan fingerprint density at radius 3 is 1.83 bits per heavy atom. The number of sulfone groups is 1. The van der Waals surface area contributed by atoms with Gasteiger partial charge < -0.3 is 0 Å². The largest absolute Gasteiger partial charge is 0.300 e. The summed E-state index contributed by atoms with van der Waals surface area (Å²) in [5.41, 5.74) is 1.97. The van der Waals surface area contributed by atoms with Crippen molar-refractivity contribution >= 4 is 31.6 Å². The third-order valence-corrected chi connectivity index (χ3v) is 6.43. The van der Waals surface area contributed by atoms with Crippen LogP contribution >= 0.6 is 15.9 Å². The quantitative estimate of drug-likeness (QED) is 0.692. The maximum atomic E-state index is 12.6. The molecule has 0 aromatic heterocycles. The maximum Gasteiger partial charge on any atom is 0.179 e. The second-order valence-corrected chi connectivity index (χ2v) is 9.22. The summed E-state index contributed by atoms with van der Waals surface area (Å²) < 4.78 is 26.2. The molecule has 2 rings (SSSR count). The third-order valence-electron chi connectivity index (χ3n) is 4.12. The molecule has 0 aliphatic heterocycles. The van der Waals surface area contributed by atoms with Crippen LogP contribution < -0.4 is 0 Å². The number of benzene rings is 2. The summed E-state index contributed by atoms with van der Waals surface area (Å²) in [7, 11) is -3.48. The van der Waals surface area contributed by atoms with E-state index in [0.29, 0.717) is 0 Å². The second kappa shape index (κ2) is 7.62. The van der Waals surface area contributed by atoms with Crippen molar-refractivity contribution in [1.82, 2.24) is 0 Å². The van der Waals surface area contributed by atoms with Gasteiger partial charge in [0.25, 0.3) is 0 Å². The molecule has 0 fully saturated rings. The minimum Gasteiger partial charge on any atom is -0.300 e. The SMILES string of the molecule is CC(=O)[C@@H](CS(=O)(=O)c1ccc(-c2ccc(Br)cc2)cc1)C(C)C. The van der Waals surface area contributed by atoms with Gasteiger partial charge in [0.2, 0.25) is 0 Å². The standard InChI is InChI=1S/C19H21BrO3S/c1-13(2)19(14(3)21)12-24(22,23)18-10-6-16(7-11-18)15-4-8-17(20)9-5-15/h4-11,13,19H,12H2,1-3H3/t19-/m0/s1. The molecule has 0 radical (unpaired) electrons. The molecule has 24 heavy (non-hydrogen) atoms. The van der Waals surface area contributed by atoms with Crippen LogP contribution in [-0.2, 0) is 14.6 Å². The molecule has 0 bridgehead atoms. The lowest BCUT2D eigenvalue weighted by Gasteiger charge is -2.17. The van der Waals surface area contributed by atoms with Crippen LogP contribution in [0.25, 0.3) is 11.1 Å². The predicted molar refractivity (Wildman–Crippen MR) is 101 cm³/mol. The van der Waals surface area contributed by atoms with Gasteiger partial charge in [-0.25, -0.2) is 8.42 Å². The smallest absolute Gasteiger partial charge is 0.179 e. The van der Waals surface area contributed by atoms with Gasteiger partial charge in [-0.1, -0.05) is 54.0 Å². The second-order valence-electron chi connectivity index (χ2n) is 6.27. The molecule has 0 aliphatic rings. The van der Waals surface area contributed by atoms with Crippen LogP contribution in [0.4, 0.5) is 0 Å². The van der Waals surface area contributed by atoms with E-state index in [1.807, 2.05) is 38.1 Å². The van der Waals surface area contributed by atoms with Gasteiger partial charge in [-0.3, -0.25) is 4.79 Å². The van der Waals surface area contributed by atoms with Crippen LogP contribution in [0.1, 0.15) is 20.8 Å². The average Bonchev–Trinajstić information content (AvgIpc) is 2.53. The van der Waals surface area contributed by atoms with Crippen LogP contribution in [0.2, 0.25) is 0 Å². The normalized spacial score (nSPS) is 13.0. The Balaban J connectivity index is 2.26. The molecule has 0 heterocycles. The van der Waals surface area contributed by atoms with Crippen molar-refractivity contribution in [3.05, 3.63) is 53.0 Å². The van der Waals surface area contributed by atoms with Gasteiger partial charge in [0.1, 0.15) is 5.78 Å². The number of halogens is 1. The monoisotopic (exact) mass is 408 g/mol. The Kier molecular flexibility index (Phi) is 5.99. The number of carbonyl (C=O) groups is 1. The zero-order chi connectivity index (χ0) is 17.9. The average molecular weight is 409 g/mol. The molecular weight excluding hydrogens is 388 g/mol. The van der Waals surface area contributed by atoms with Crippen molar-refractivity contribution in [2.45, 2.75) is 25.7 Å². The molecule has 128 valence electrons. The first-order valence-electron chi connectivity index (χ1n) is 7.80. The molecule has 0 amide bonds. The maximum absolute atomic E-state index is 12.6. The fourth-order valence-electron chi connectivity index (χ4n) is 2.61. The number of hydrogen-bond donors (Lipinski definition) is 0. The van der Waals surface area contributed by atoms with Crippen molar-refractivity contribution in [3.63, 3.8) is 0 Å². The molecule has 5 heteroatoms. The molecule has 3 nitrogen and oxygen atoms in total. The minimum absolute atomic E-state index is 0.000635. The van der Waals surface area contributed by atoms with E-state index in [1.165, 1.54) is 6.92 Å². The highest BCUT2D eigenvalue weighted by Crippen LogP contribution is 2.25. The Bertz CT molecular complexity index is 807. The summed E-state index contributed by atoms with van der Waals surface area (Å²) in [6.07, 6.45) is 0. The number of carbonyl (C=O) groups excluding carboxylic acids is 1. The van der Waals surface area contributed by atoms with E-state index in [4.69, 9.17) is 0 Å². The van der Waals surface area contributed by atoms with E-state index < -0.39 is 15.8 Å². The topological polar surface area (TPSA) is 51.2 Å². The highest BCUT2D eigenvalue weighted by Gasteiger charge is 2.26. The van der Waals surface area contributed by atoms with Gasteiger partial charge in [0.15, 0.2) is 9.84 Å². The van der Waals surface area contributed by atoms with E-state index in [-0.39, 0.29) is 22.3 Å². The number of ketones is 1. The number of rotatable bonds is 6. The molecule has 2 aromatic rings. The lowest BCUT2D eigenvalue weighted by molar-refractivity contribution is -0.121. The van der Waals surface area contributed by atoms with Crippen LogP contribution in [0, 0.1) is 11.8 Å². The van der Waals surface area contributed by atoms with E-state index in [1.54, 1.807) is 24.3 Å². The van der Waals surface area contributed by atoms with Crippen LogP contribution in [0.5, 0.6) is 0 Å². The van der Waals surface area contributed by atoms with Gasteiger partial charge in [-0.15, -0.1) is 0 Å².